The minimum atomic E-state index is 0.891. The van der Waals surface area contributed by atoms with Crippen LogP contribution >= 0.6 is 0 Å². The first-order chi connectivity index (χ1) is 53.5. The fraction of sp³-hybridized carbons (Fsp3) is 0. The summed E-state index contributed by atoms with van der Waals surface area (Å²) < 4.78 is 0. The van der Waals surface area contributed by atoms with Gasteiger partial charge >= 0.3 is 0 Å². The lowest BCUT2D eigenvalue weighted by Gasteiger charge is -2.18. The number of rotatable bonds is 8. The predicted octanol–water partition coefficient (Wildman–Crippen LogP) is 25.7. The molecule has 108 heavy (non-hydrogen) atoms. The standard InChI is InChI=1S/2C50H30N4/c1-2-11-32(12-3-1)47-39-17-8-9-18-42(39)53-50-40(47)26-24-34-25-27-45(54-49(34)50)48-37-15-6-4-13-35(37)46(36-14-5-7-16-38(36)48)33-22-20-31(21-23-33)41-28-29-43-44(52-41)19-10-30-51-43;1-2-7-33(8-3-1)48-41-9-4-5-10-45(41)54-50-42(48)22-20-34-21-23-44(53-49(34)50)38-19-18-37-28-39-27-35(16-17-36(39)29-40(37)30-38)31-12-14-32(15-13-31)43-24-25-46-47(52-43)11-6-26-51-46/h2*1-30H. The molecule has 0 saturated heterocycles. The van der Waals surface area contributed by atoms with Crippen molar-refractivity contribution in [2.75, 3.05) is 0 Å². The van der Waals surface area contributed by atoms with Crippen molar-refractivity contribution >= 4 is 131 Å². The van der Waals surface area contributed by atoms with Gasteiger partial charge in [-0.25, -0.2) is 29.9 Å². The summed E-state index contributed by atoms with van der Waals surface area (Å²) in [6.07, 6.45) is 3.60. The first-order valence-corrected chi connectivity index (χ1v) is 36.4. The molecule has 0 amide bonds. The van der Waals surface area contributed by atoms with E-state index in [9.17, 15) is 0 Å². The van der Waals surface area contributed by atoms with Crippen molar-refractivity contribution in [3.8, 4) is 89.5 Å². The number of pyridine rings is 8. The third-order valence-electron chi connectivity index (χ3n) is 21.3. The van der Waals surface area contributed by atoms with E-state index < -0.39 is 0 Å². The Morgan fingerprint density at radius 2 is 0.500 bits per heavy atom. The lowest BCUT2D eigenvalue weighted by molar-refractivity contribution is 1.33. The van der Waals surface area contributed by atoms with Gasteiger partial charge in [0.2, 0.25) is 0 Å². The number of para-hydroxylation sites is 2. The molecule has 22 aromatic rings. The summed E-state index contributed by atoms with van der Waals surface area (Å²) in [6, 6.07) is 124. The van der Waals surface area contributed by atoms with E-state index >= 15 is 0 Å². The van der Waals surface area contributed by atoms with Gasteiger partial charge in [-0.2, -0.15) is 0 Å². The molecule has 0 unspecified atom stereocenters. The molecule has 500 valence electrons. The molecular weight excluding hydrogens is 1310 g/mol. The molecule has 8 heterocycles. The van der Waals surface area contributed by atoms with Crippen LogP contribution in [0.5, 0.6) is 0 Å². The Bertz CT molecular complexity index is 7360. The van der Waals surface area contributed by atoms with Crippen LogP contribution in [-0.4, -0.2) is 39.9 Å². The van der Waals surface area contributed by atoms with Gasteiger partial charge in [0.15, 0.2) is 0 Å². The van der Waals surface area contributed by atoms with Crippen LogP contribution < -0.4 is 0 Å². The maximum atomic E-state index is 5.51. The molecular formula is C100H60N8. The van der Waals surface area contributed by atoms with Crippen LogP contribution in [0.2, 0.25) is 0 Å². The third kappa shape index (κ3) is 10.8. The molecule has 0 bridgehead atoms. The van der Waals surface area contributed by atoms with Crippen LogP contribution in [0.15, 0.2) is 364 Å². The Morgan fingerprint density at radius 3 is 1.02 bits per heavy atom. The highest BCUT2D eigenvalue weighted by atomic mass is 14.8. The molecule has 8 heteroatoms. The second kappa shape index (κ2) is 25.7. The first-order valence-electron chi connectivity index (χ1n) is 36.4. The Balaban J connectivity index is 0.000000138. The fourth-order valence-corrected chi connectivity index (χ4v) is 16.1. The monoisotopic (exact) mass is 1370 g/mol. The molecule has 0 aliphatic rings. The van der Waals surface area contributed by atoms with Gasteiger partial charge in [0.05, 0.1) is 77.9 Å². The van der Waals surface area contributed by atoms with Gasteiger partial charge in [-0.15, -0.1) is 0 Å². The molecule has 0 radical (unpaired) electrons. The van der Waals surface area contributed by atoms with Gasteiger partial charge in [0, 0.05) is 78.1 Å². The highest BCUT2D eigenvalue weighted by Gasteiger charge is 2.22. The van der Waals surface area contributed by atoms with Gasteiger partial charge in [0.1, 0.15) is 0 Å². The zero-order valence-electron chi connectivity index (χ0n) is 58.2. The van der Waals surface area contributed by atoms with E-state index in [1.54, 1.807) is 12.4 Å². The van der Waals surface area contributed by atoms with E-state index in [4.69, 9.17) is 29.9 Å². The van der Waals surface area contributed by atoms with Crippen LogP contribution in [0.1, 0.15) is 0 Å². The van der Waals surface area contributed by atoms with E-state index in [2.05, 4.69) is 313 Å². The van der Waals surface area contributed by atoms with E-state index in [1.807, 2.05) is 48.5 Å². The summed E-state index contributed by atoms with van der Waals surface area (Å²) in [6.45, 7) is 0. The Morgan fingerprint density at radius 1 is 0.148 bits per heavy atom. The Hall–Kier alpha value is -14.6. The van der Waals surface area contributed by atoms with Crippen molar-refractivity contribution in [2.45, 2.75) is 0 Å². The normalized spacial score (nSPS) is 11.7. The van der Waals surface area contributed by atoms with Gasteiger partial charge < -0.3 is 0 Å². The Labute approximate surface area is 620 Å². The molecule has 14 aromatic carbocycles. The molecule has 0 aliphatic heterocycles. The SMILES string of the molecule is c1ccc(-c2c3ccccc3nc3c2ccc2ccc(-c4c5ccccc5c(-c5ccc(-c6ccc7ncccc7n6)cc5)c5ccccc45)nc23)cc1.c1ccc(-c2c3ccccc3nc3c2ccc2ccc(-c4ccc5cc6cc(-c7ccc(-c8ccc9ncccc9n8)cc7)ccc6cc5c4)nc23)cc1. The van der Waals surface area contributed by atoms with Crippen molar-refractivity contribution in [1.29, 1.82) is 0 Å². The van der Waals surface area contributed by atoms with Gasteiger partial charge in [-0.1, -0.05) is 255 Å². The maximum Gasteiger partial charge on any atom is 0.0978 e. The second-order valence-electron chi connectivity index (χ2n) is 27.6. The summed E-state index contributed by atoms with van der Waals surface area (Å²) >= 11 is 0. The van der Waals surface area contributed by atoms with E-state index in [0.29, 0.717) is 0 Å². The average molecular weight is 1370 g/mol. The smallest absolute Gasteiger partial charge is 0.0978 e. The number of aromatic nitrogens is 8. The minimum absolute atomic E-state index is 0.891. The highest BCUT2D eigenvalue weighted by molar-refractivity contribution is 6.23. The molecule has 0 atom stereocenters. The molecule has 8 aromatic heterocycles. The summed E-state index contributed by atoms with van der Waals surface area (Å²) in [5.74, 6) is 0. The largest absolute Gasteiger partial charge is 0.255 e. The van der Waals surface area contributed by atoms with Crippen molar-refractivity contribution in [3.63, 3.8) is 0 Å². The van der Waals surface area contributed by atoms with E-state index in [1.165, 1.54) is 71.3 Å². The molecule has 0 aliphatic carbocycles. The summed E-state index contributed by atoms with van der Waals surface area (Å²) in [5, 5.41) is 16.1. The van der Waals surface area contributed by atoms with Crippen LogP contribution in [0.25, 0.3) is 220 Å². The summed E-state index contributed by atoms with van der Waals surface area (Å²) in [5.41, 5.74) is 26.7. The zero-order chi connectivity index (χ0) is 71.2. The minimum Gasteiger partial charge on any atom is -0.255 e. The lowest BCUT2D eigenvalue weighted by Crippen LogP contribution is -1.95. The van der Waals surface area contributed by atoms with Crippen LogP contribution in [0.3, 0.4) is 0 Å². The first kappa shape index (κ1) is 62.0. The number of benzene rings is 14. The zero-order valence-corrected chi connectivity index (χ0v) is 58.2. The number of hydrogen-bond donors (Lipinski definition) is 0. The maximum absolute atomic E-state index is 5.51. The van der Waals surface area contributed by atoms with Gasteiger partial charge in [-0.05, 0) is 174 Å². The number of nitrogens with zero attached hydrogens (tertiary/aromatic N) is 8. The molecule has 0 saturated carbocycles. The second-order valence-corrected chi connectivity index (χ2v) is 27.6. The van der Waals surface area contributed by atoms with Gasteiger partial charge in [0.25, 0.3) is 0 Å². The molecule has 0 fully saturated rings. The van der Waals surface area contributed by atoms with Crippen LogP contribution in [-0.2, 0) is 0 Å². The third-order valence-corrected chi connectivity index (χ3v) is 21.3. The number of hydrogen-bond acceptors (Lipinski definition) is 8. The molecule has 8 nitrogen and oxygen atoms in total. The Kier molecular flexibility index (Phi) is 14.7. The topological polar surface area (TPSA) is 103 Å². The average Bonchev–Trinajstić information content (AvgIpc) is 0.734. The van der Waals surface area contributed by atoms with E-state index in [-0.39, 0.29) is 0 Å². The quantitative estimate of drug-likeness (QED) is 0.109. The predicted molar refractivity (Wildman–Crippen MR) is 449 cm³/mol. The summed E-state index contributed by atoms with van der Waals surface area (Å²) in [7, 11) is 0. The van der Waals surface area contributed by atoms with Crippen LogP contribution in [0.4, 0.5) is 0 Å². The van der Waals surface area contributed by atoms with Crippen molar-refractivity contribution in [2.24, 2.45) is 0 Å². The highest BCUT2D eigenvalue weighted by Crippen LogP contribution is 2.46. The number of fused-ring (bicyclic) bond motifs is 14. The van der Waals surface area contributed by atoms with E-state index in [0.717, 1.165) is 149 Å². The molecule has 22 rings (SSSR count). The van der Waals surface area contributed by atoms with Crippen molar-refractivity contribution < 1.29 is 0 Å². The fourth-order valence-electron chi connectivity index (χ4n) is 16.1. The lowest BCUT2D eigenvalue weighted by atomic mass is 9.87. The van der Waals surface area contributed by atoms with Crippen LogP contribution in [0, 0.1) is 0 Å². The summed E-state index contributed by atoms with van der Waals surface area (Å²) in [4.78, 5) is 39.8. The van der Waals surface area contributed by atoms with Crippen molar-refractivity contribution in [3.05, 3.63) is 364 Å². The molecule has 0 spiro atoms. The van der Waals surface area contributed by atoms with Gasteiger partial charge in [-0.3, -0.25) is 9.97 Å². The van der Waals surface area contributed by atoms with Crippen molar-refractivity contribution in [1.82, 2.24) is 39.9 Å². The molecule has 0 N–H and O–H groups in total.